The number of hydrogen-bond acceptors (Lipinski definition) is 13. The van der Waals surface area contributed by atoms with Crippen LogP contribution in [0.1, 0.15) is 23.1 Å². The van der Waals surface area contributed by atoms with Crippen molar-refractivity contribution in [3.63, 3.8) is 0 Å². The molecule has 7 rings (SSSR count). The number of likely N-dealkylation sites (N-methyl/N-ethyl adjacent to an activating group) is 1. The maximum Gasteiger partial charge on any atom is 0.336 e. The third kappa shape index (κ3) is 5.94. The van der Waals surface area contributed by atoms with Gasteiger partial charge in [0.15, 0.2) is 40.4 Å². The molecule has 3 aromatic carbocycles. The Bertz CT molecular complexity index is 1980. The van der Waals surface area contributed by atoms with Gasteiger partial charge < -0.3 is 50.0 Å². The van der Waals surface area contributed by atoms with Gasteiger partial charge in [-0.2, -0.15) is 0 Å². The van der Waals surface area contributed by atoms with Crippen LogP contribution >= 0.6 is 0 Å². The van der Waals surface area contributed by atoms with Gasteiger partial charge in [-0.05, 0) is 66.6 Å². The van der Waals surface area contributed by atoms with E-state index in [0.29, 0.717) is 5.56 Å². The number of fused-ring (bicyclic) bond motifs is 1. The van der Waals surface area contributed by atoms with Crippen molar-refractivity contribution in [3.05, 3.63) is 108 Å². The average Bonchev–Trinajstić information content (AvgIpc) is 3.12. The normalized spacial score (nSPS) is 30.6. The number of carbonyl (C=O) groups is 3. The van der Waals surface area contributed by atoms with Crippen molar-refractivity contribution in [2.45, 2.75) is 41.5 Å². The first-order valence-electron chi connectivity index (χ1n) is 16.3. The van der Waals surface area contributed by atoms with Crippen molar-refractivity contribution >= 4 is 30.1 Å². The number of phenolic OH excluding ortho intramolecular Hbond substituents is 4. The molecule has 7 atom stereocenters. The van der Waals surface area contributed by atoms with E-state index in [-0.39, 0.29) is 29.9 Å². The minimum Gasteiger partial charge on any atom is -0.504 e. The third-order valence-corrected chi connectivity index (χ3v) is 10.1. The van der Waals surface area contributed by atoms with Crippen molar-refractivity contribution in [1.82, 2.24) is 5.32 Å². The number of aliphatic hydroxyl groups is 2. The molecule has 14 nitrogen and oxygen atoms in total. The van der Waals surface area contributed by atoms with Crippen molar-refractivity contribution in [1.29, 1.82) is 0 Å². The number of hydrogen-bond donors (Lipinski definition) is 8. The van der Waals surface area contributed by atoms with Crippen LogP contribution in [-0.2, 0) is 35.0 Å². The van der Waals surface area contributed by atoms with Crippen molar-refractivity contribution in [2.24, 2.45) is 11.8 Å². The first-order valence-corrected chi connectivity index (χ1v) is 16.3. The smallest absolute Gasteiger partial charge is 0.336 e. The molecule has 0 amide bonds. The number of carbonyl (C=O) groups excluding carboxylic acids is 2. The number of carboxylic acids is 1. The van der Waals surface area contributed by atoms with Gasteiger partial charge in [0.2, 0.25) is 5.60 Å². The van der Waals surface area contributed by atoms with Gasteiger partial charge in [-0.1, -0.05) is 54.6 Å². The van der Waals surface area contributed by atoms with Crippen LogP contribution in [-0.4, -0.2) is 95.9 Å². The number of aliphatic carboxylic acids is 1. The van der Waals surface area contributed by atoms with Crippen molar-refractivity contribution in [3.8, 4) is 23.0 Å². The zero-order valence-corrected chi connectivity index (χ0v) is 27.7. The Hall–Kier alpha value is -5.67. The highest BCUT2D eigenvalue weighted by molar-refractivity contribution is 5.89. The summed E-state index contributed by atoms with van der Waals surface area (Å²) in [7, 11) is 1.38. The molecule has 14 heteroatoms. The molecule has 272 valence electrons. The fourth-order valence-corrected chi connectivity index (χ4v) is 7.58. The minimum atomic E-state index is -2.69. The summed E-state index contributed by atoms with van der Waals surface area (Å²) in [5, 5.41) is 77.6. The van der Waals surface area contributed by atoms with Crippen LogP contribution in [0.3, 0.4) is 0 Å². The van der Waals surface area contributed by atoms with Gasteiger partial charge in [-0.3, -0.25) is 5.32 Å². The van der Waals surface area contributed by atoms with E-state index in [1.807, 2.05) is 0 Å². The molecule has 0 aromatic heterocycles. The predicted molar refractivity (Wildman–Crippen MR) is 182 cm³/mol. The van der Waals surface area contributed by atoms with Gasteiger partial charge in [-0.25, -0.2) is 14.4 Å². The van der Waals surface area contributed by atoms with Gasteiger partial charge in [0.05, 0.1) is 6.61 Å². The highest BCUT2D eigenvalue weighted by Gasteiger charge is 2.83. The molecule has 2 heterocycles. The molecule has 1 spiro atoms. The quantitative estimate of drug-likeness (QED) is 0.0495. The lowest BCUT2D eigenvalue weighted by Crippen LogP contribution is -2.90. The standard InChI is InChI=1S/C38H37NO13/c1-39-38(49)25-15-16-35(50-20-25)21-36(48,34(46)47)26(17-22-5-3-2-4-6-22)33(51-31(44)13-9-23-7-11-27(40)29(42)18-23)37(35,38)52-32(45)14-10-24-8-12-28(41)30(43)19-24/h2-16,18-19,25-26,33,39-43,48-49H,17,20-21H2,1H3,(H,46,47)/b13-9+,14-10+/t25-,26+,33+,35?,36+,37+,38-/m0/s1. The van der Waals surface area contributed by atoms with Gasteiger partial charge in [-0.15, -0.1) is 0 Å². The maximum atomic E-state index is 13.9. The number of benzene rings is 3. The van der Waals surface area contributed by atoms with Crippen LogP contribution in [0.25, 0.3) is 12.2 Å². The van der Waals surface area contributed by atoms with E-state index in [2.05, 4.69) is 5.32 Å². The molecule has 2 aliphatic carbocycles. The summed E-state index contributed by atoms with van der Waals surface area (Å²) in [5.41, 5.74) is -8.43. The average molecular weight is 716 g/mol. The summed E-state index contributed by atoms with van der Waals surface area (Å²) in [6.45, 7) is -0.195. The summed E-state index contributed by atoms with van der Waals surface area (Å²) < 4.78 is 18.6. The minimum absolute atomic E-state index is 0.195. The van der Waals surface area contributed by atoms with Crippen molar-refractivity contribution < 1.29 is 64.3 Å². The first kappa shape index (κ1) is 36.1. The Labute approximate surface area is 297 Å². The van der Waals surface area contributed by atoms with Crippen LogP contribution in [0.15, 0.2) is 91.0 Å². The Morgan fingerprint density at radius 2 is 1.46 bits per heavy atom. The number of ether oxygens (including phenoxy) is 3. The molecule has 0 radical (unpaired) electrons. The highest BCUT2D eigenvalue weighted by Crippen LogP contribution is 2.62. The lowest BCUT2D eigenvalue weighted by atomic mass is 9.50. The summed E-state index contributed by atoms with van der Waals surface area (Å²) in [6, 6.07) is 16.0. The van der Waals surface area contributed by atoms with Crippen LogP contribution in [0.2, 0.25) is 0 Å². The number of aromatic hydroxyl groups is 4. The first-order chi connectivity index (χ1) is 24.7. The molecule has 1 saturated heterocycles. The summed E-state index contributed by atoms with van der Waals surface area (Å²) in [4.78, 5) is 40.8. The lowest BCUT2D eigenvalue weighted by Gasteiger charge is -2.68. The monoisotopic (exact) mass is 715 g/mol. The second-order valence-electron chi connectivity index (χ2n) is 13.1. The molecular weight excluding hydrogens is 678 g/mol. The molecule has 2 fully saturated rings. The second kappa shape index (κ2) is 13.5. The van der Waals surface area contributed by atoms with E-state index in [0.717, 1.165) is 12.2 Å². The van der Waals surface area contributed by atoms with Crippen LogP contribution in [0.5, 0.6) is 23.0 Å². The number of phenols is 4. The molecule has 8 N–H and O–H groups in total. The summed E-state index contributed by atoms with van der Waals surface area (Å²) in [5.74, 6) is -8.07. The fraction of sp³-hybridized carbons (Fsp3) is 0.289. The third-order valence-electron chi connectivity index (χ3n) is 10.1. The molecule has 3 aromatic rings. The van der Waals surface area contributed by atoms with E-state index in [1.54, 1.807) is 36.4 Å². The summed E-state index contributed by atoms with van der Waals surface area (Å²) >= 11 is 0. The number of carboxylic acid groups (broad SMARTS) is 1. The molecule has 1 saturated carbocycles. The predicted octanol–water partition coefficient (Wildman–Crippen LogP) is 2.37. The number of nitrogens with one attached hydrogen (secondary N) is 1. The molecule has 4 aliphatic rings. The molecule has 2 bridgehead atoms. The van der Waals surface area contributed by atoms with Gasteiger partial charge in [0.1, 0.15) is 5.60 Å². The van der Waals surface area contributed by atoms with Gasteiger partial charge in [0, 0.05) is 30.4 Å². The molecule has 2 aliphatic heterocycles. The SMILES string of the molecule is CN[C@]1(O)[C@H]2C=CC3(C[C@](O)(C(=O)O)[C@H](Cc4ccccc4)[C@@H](OC(=O)/C=C/c4ccc(O)c(O)c4)[C@@]31OC(=O)/C=C/c1ccc(O)c(O)c1)OC2. The van der Waals surface area contributed by atoms with E-state index >= 15 is 0 Å². The molecule has 1 unspecified atom stereocenters. The van der Waals surface area contributed by atoms with Crippen LogP contribution in [0.4, 0.5) is 0 Å². The largest absolute Gasteiger partial charge is 0.504 e. The number of esters is 2. The van der Waals surface area contributed by atoms with Gasteiger partial charge in [0.25, 0.3) is 0 Å². The fourth-order valence-electron chi connectivity index (χ4n) is 7.58. The topological polar surface area (TPSA) is 233 Å². The van der Waals surface area contributed by atoms with Gasteiger partial charge >= 0.3 is 17.9 Å². The van der Waals surface area contributed by atoms with Crippen molar-refractivity contribution in [2.75, 3.05) is 13.7 Å². The van der Waals surface area contributed by atoms with E-state index in [4.69, 9.17) is 14.2 Å². The second-order valence-corrected chi connectivity index (χ2v) is 13.1. The van der Waals surface area contributed by atoms with E-state index in [9.17, 15) is 50.1 Å². The molecular formula is C38H37NO13. The zero-order valence-electron chi connectivity index (χ0n) is 27.7. The Morgan fingerprint density at radius 3 is 1.98 bits per heavy atom. The van der Waals surface area contributed by atoms with Crippen LogP contribution < -0.4 is 5.32 Å². The Kier molecular flexibility index (Phi) is 9.36. The Balaban J connectivity index is 1.52. The van der Waals surface area contributed by atoms with Crippen LogP contribution in [0, 0.1) is 11.8 Å². The van der Waals surface area contributed by atoms with E-state index in [1.165, 1.54) is 61.7 Å². The highest BCUT2D eigenvalue weighted by atomic mass is 16.6. The van der Waals surface area contributed by atoms with E-state index < -0.39 is 82.0 Å². The maximum absolute atomic E-state index is 13.9. The lowest BCUT2D eigenvalue weighted by molar-refractivity contribution is -0.377. The molecule has 52 heavy (non-hydrogen) atoms. The Morgan fingerprint density at radius 1 is 0.865 bits per heavy atom. The summed E-state index contributed by atoms with van der Waals surface area (Å²) in [6.07, 6.45) is 4.50. The zero-order chi connectivity index (χ0) is 37.5. The number of rotatable bonds is 10.